The van der Waals surface area contributed by atoms with E-state index in [1.165, 1.54) is 12.5 Å². The molecular formula is C15H15Cl2FN2. The van der Waals surface area contributed by atoms with Gasteiger partial charge in [-0.05, 0) is 48.7 Å². The summed E-state index contributed by atoms with van der Waals surface area (Å²) in [6.07, 6.45) is 5.93. The number of aromatic nitrogens is 1. The molecule has 1 saturated heterocycles. The fraction of sp³-hybridized carbons (Fsp3) is 0.267. The van der Waals surface area contributed by atoms with Crippen LogP contribution in [0.15, 0.2) is 36.7 Å². The molecule has 2 aromatic rings. The van der Waals surface area contributed by atoms with Crippen LogP contribution >= 0.6 is 24.0 Å². The molecule has 1 atom stereocenters. The van der Waals surface area contributed by atoms with E-state index in [0.717, 1.165) is 29.7 Å². The summed E-state index contributed by atoms with van der Waals surface area (Å²) in [7, 11) is 0. The van der Waals surface area contributed by atoms with Crippen molar-refractivity contribution >= 4 is 24.0 Å². The minimum Gasteiger partial charge on any atom is -0.310 e. The number of hydrogen-bond donors (Lipinski definition) is 1. The van der Waals surface area contributed by atoms with Crippen molar-refractivity contribution in [1.29, 1.82) is 0 Å². The highest BCUT2D eigenvalue weighted by Crippen LogP contribution is 2.28. The minimum atomic E-state index is -0.399. The molecule has 0 spiro atoms. The summed E-state index contributed by atoms with van der Waals surface area (Å²) in [5.74, 6) is -0.399. The van der Waals surface area contributed by atoms with E-state index in [2.05, 4.69) is 16.4 Å². The highest BCUT2D eigenvalue weighted by atomic mass is 35.5. The maximum absolute atomic E-state index is 13.5. The molecule has 0 saturated carbocycles. The summed E-state index contributed by atoms with van der Waals surface area (Å²) in [5, 5.41) is 3.58. The average Bonchev–Trinajstić information content (AvgIpc) is 2.96. The van der Waals surface area contributed by atoms with Gasteiger partial charge in [-0.15, -0.1) is 12.4 Å². The number of nitrogens with zero attached hydrogens (tertiary/aromatic N) is 1. The Bertz CT molecular complexity index is 598. The number of pyridine rings is 1. The largest absolute Gasteiger partial charge is 0.310 e. The predicted molar refractivity (Wildman–Crippen MR) is 81.9 cm³/mol. The molecule has 3 rings (SSSR count). The van der Waals surface area contributed by atoms with Crippen LogP contribution in [0.5, 0.6) is 0 Å². The summed E-state index contributed by atoms with van der Waals surface area (Å²) < 4.78 is 13.5. The molecule has 0 radical (unpaired) electrons. The standard InChI is InChI=1S/C15H14ClFN2.ClH/c16-13-4-3-10(7-14(13)17)11-6-12(9-18-8-11)15-2-1-5-19-15;/h3-4,6-9,15,19H,1-2,5H2;1H. The topological polar surface area (TPSA) is 24.9 Å². The molecule has 20 heavy (non-hydrogen) atoms. The van der Waals surface area contributed by atoms with Crippen LogP contribution in [0.25, 0.3) is 11.1 Å². The van der Waals surface area contributed by atoms with Crippen LogP contribution in [0.4, 0.5) is 4.39 Å². The summed E-state index contributed by atoms with van der Waals surface area (Å²) in [4.78, 5) is 4.26. The Morgan fingerprint density at radius 1 is 1.20 bits per heavy atom. The van der Waals surface area contributed by atoms with E-state index >= 15 is 0 Å². The van der Waals surface area contributed by atoms with Crippen molar-refractivity contribution in [3.05, 3.63) is 53.1 Å². The molecule has 2 heterocycles. The third-order valence-corrected chi connectivity index (χ3v) is 3.78. The molecular weight excluding hydrogens is 298 g/mol. The van der Waals surface area contributed by atoms with Crippen LogP contribution in [-0.2, 0) is 0 Å². The van der Waals surface area contributed by atoms with Crippen molar-refractivity contribution in [2.45, 2.75) is 18.9 Å². The van der Waals surface area contributed by atoms with E-state index in [1.54, 1.807) is 12.3 Å². The third-order valence-electron chi connectivity index (χ3n) is 3.48. The summed E-state index contributed by atoms with van der Waals surface area (Å²) in [5.41, 5.74) is 2.88. The Balaban J connectivity index is 0.00000147. The summed E-state index contributed by atoms with van der Waals surface area (Å²) >= 11 is 5.70. The van der Waals surface area contributed by atoms with Crippen molar-refractivity contribution in [3.8, 4) is 11.1 Å². The van der Waals surface area contributed by atoms with Gasteiger partial charge in [0.05, 0.1) is 5.02 Å². The first kappa shape index (κ1) is 15.2. The second-order valence-corrected chi connectivity index (χ2v) is 5.19. The predicted octanol–water partition coefficient (Wildman–Crippen LogP) is 4.39. The van der Waals surface area contributed by atoms with E-state index in [9.17, 15) is 4.39 Å². The molecule has 1 N–H and O–H groups in total. The van der Waals surface area contributed by atoms with Gasteiger partial charge in [0.2, 0.25) is 0 Å². The first-order valence-corrected chi connectivity index (χ1v) is 6.75. The van der Waals surface area contributed by atoms with Crippen molar-refractivity contribution in [3.63, 3.8) is 0 Å². The van der Waals surface area contributed by atoms with E-state index in [4.69, 9.17) is 11.6 Å². The monoisotopic (exact) mass is 312 g/mol. The fourth-order valence-electron chi connectivity index (χ4n) is 2.45. The molecule has 1 unspecified atom stereocenters. The zero-order valence-electron chi connectivity index (χ0n) is 10.8. The molecule has 1 aromatic carbocycles. The van der Waals surface area contributed by atoms with Crippen molar-refractivity contribution < 1.29 is 4.39 Å². The lowest BCUT2D eigenvalue weighted by Gasteiger charge is -2.11. The normalized spacial score (nSPS) is 17.8. The van der Waals surface area contributed by atoms with Gasteiger partial charge in [-0.3, -0.25) is 4.98 Å². The smallest absolute Gasteiger partial charge is 0.142 e. The van der Waals surface area contributed by atoms with Gasteiger partial charge in [-0.2, -0.15) is 0 Å². The molecule has 1 aliphatic rings. The number of hydrogen-bond acceptors (Lipinski definition) is 2. The Hall–Kier alpha value is -1.16. The van der Waals surface area contributed by atoms with Crippen LogP contribution in [0.3, 0.4) is 0 Å². The number of nitrogens with one attached hydrogen (secondary N) is 1. The summed E-state index contributed by atoms with van der Waals surface area (Å²) in [6.45, 7) is 1.05. The Labute approximate surface area is 128 Å². The lowest BCUT2D eigenvalue weighted by atomic mass is 10.0. The van der Waals surface area contributed by atoms with Gasteiger partial charge in [-0.1, -0.05) is 17.7 Å². The van der Waals surface area contributed by atoms with Crippen LogP contribution in [0.2, 0.25) is 5.02 Å². The highest BCUT2D eigenvalue weighted by molar-refractivity contribution is 6.30. The van der Waals surface area contributed by atoms with Crippen LogP contribution in [0.1, 0.15) is 24.4 Å². The number of rotatable bonds is 2. The van der Waals surface area contributed by atoms with E-state index in [-0.39, 0.29) is 17.4 Å². The van der Waals surface area contributed by atoms with Gasteiger partial charge in [-0.25, -0.2) is 4.39 Å². The van der Waals surface area contributed by atoms with Gasteiger partial charge in [0.15, 0.2) is 0 Å². The van der Waals surface area contributed by atoms with Gasteiger partial charge < -0.3 is 5.32 Å². The highest BCUT2D eigenvalue weighted by Gasteiger charge is 2.17. The van der Waals surface area contributed by atoms with E-state index < -0.39 is 5.82 Å². The second kappa shape index (κ2) is 6.53. The molecule has 106 valence electrons. The molecule has 1 aromatic heterocycles. The van der Waals surface area contributed by atoms with Gasteiger partial charge >= 0.3 is 0 Å². The van der Waals surface area contributed by atoms with Crippen molar-refractivity contribution in [2.75, 3.05) is 6.54 Å². The van der Waals surface area contributed by atoms with Crippen molar-refractivity contribution in [2.24, 2.45) is 0 Å². The average molecular weight is 313 g/mol. The lowest BCUT2D eigenvalue weighted by Crippen LogP contribution is -2.13. The number of benzene rings is 1. The molecule has 0 aliphatic carbocycles. The molecule has 1 aliphatic heterocycles. The maximum Gasteiger partial charge on any atom is 0.142 e. The first-order valence-electron chi connectivity index (χ1n) is 6.38. The van der Waals surface area contributed by atoms with Gasteiger partial charge in [0.1, 0.15) is 5.82 Å². The maximum atomic E-state index is 13.5. The molecule has 0 amide bonds. The van der Waals surface area contributed by atoms with Crippen LogP contribution in [0, 0.1) is 5.82 Å². The minimum absolute atomic E-state index is 0. The summed E-state index contributed by atoms with van der Waals surface area (Å²) in [6, 6.07) is 7.27. The lowest BCUT2D eigenvalue weighted by molar-refractivity contribution is 0.628. The molecule has 0 bridgehead atoms. The van der Waals surface area contributed by atoms with Gasteiger partial charge in [0.25, 0.3) is 0 Å². The molecule has 2 nitrogen and oxygen atoms in total. The Kier molecular flexibility index (Phi) is 4.97. The van der Waals surface area contributed by atoms with Crippen LogP contribution < -0.4 is 5.32 Å². The van der Waals surface area contributed by atoms with Crippen molar-refractivity contribution in [1.82, 2.24) is 10.3 Å². The SMILES string of the molecule is Cl.Fc1cc(-c2cncc(C3CCCN3)c2)ccc1Cl. The zero-order chi connectivity index (χ0) is 13.2. The van der Waals surface area contributed by atoms with E-state index in [1.807, 2.05) is 12.3 Å². The van der Waals surface area contributed by atoms with Crippen LogP contribution in [-0.4, -0.2) is 11.5 Å². The Morgan fingerprint density at radius 3 is 2.75 bits per heavy atom. The molecule has 1 fully saturated rings. The van der Waals surface area contributed by atoms with E-state index in [0.29, 0.717) is 6.04 Å². The quantitative estimate of drug-likeness (QED) is 0.889. The number of halogens is 3. The van der Waals surface area contributed by atoms with Gasteiger partial charge in [0, 0.05) is 24.0 Å². The second-order valence-electron chi connectivity index (χ2n) is 4.78. The zero-order valence-corrected chi connectivity index (χ0v) is 12.3. The fourth-order valence-corrected chi connectivity index (χ4v) is 2.57. The third kappa shape index (κ3) is 3.11. The first-order chi connectivity index (χ1) is 9.24. The Morgan fingerprint density at radius 2 is 2.05 bits per heavy atom. The molecule has 5 heteroatoms.